The molecule has 0 saturated heterocycles. The maximum atomic E-state index is 12.9. The van der Waals surface area contributed by atoms with E-state index in [0.717, 1.165) is 22.3 Å². The Morgan fingerprint density at radius 1 is 0.914 bits per heavy atom. The molecule has 7 heteroatoms. The zero-order valence-electron chi connectivity index (χ0n) is 19.7. The summed E-state index contributed by atoms with van der Waals surface area (Å²) in [6.45, 7) is 3.92. The van der Waals surface area contributed by atoms with Crippen LogP contribution in [0.2, 0.25) is 0 Å². The van der Waals surface area contributed by atoms with Crippen LogP contribution in [0.25, 0.3) is 11.1 Å². The van der Waals surface area contributed by atoms with Crippen molar-refractivity contribution in [3.8, 4) is 11.1 Å². The highest BCUT2D eigenvalue weighted by molar-refractivity contribution is 5.96. The number of alkyl carbamates (subject to hydrolysis) is 1. The summed E-state index contributed by atoms with van der Waals surface area (Å²) >= 11 is 0. The van der Waals surface area contributed by atoms with E-state index in [-0.39, 0.29) is 30.5 Å². The predicted octanol–water partition coefficient (Wildman–Crippen LogP) is 5.28. The molecule has 0 aliphatic heterocycles. The fraction of sp³-hybridized carbons (Fsp3) is 0.250. The van der Waals surface area contributed by atoms with E-state index in [2.05, 4.69) is 34.9 Å². The van der Waals surface area contributed by atoms with Gasteiger partial charge in [0, 0.05) is 18.2 Å². The standard InChI is InChI=1S/C28H28N2O5/c1-3-28(2,26(33)30-19-14-12-18(13-15-19)25(31)32)17-29-27(34)35-16-24-22-10-6-4-8-20(22)21-9-5-7-11-23(21)24/h4-15,24H,3,16-17H2,1-2H3,(H,29,34)(H,30,33)(H,31,32). The lowest BCUT2D eigenvalue weighted by Gasteiger charge is -2.27. The maximum absolute atomic E-state index is 12.9. The smallest absolute Gasteiger partial charge is 0.407 e. The molecule has 0 bridgehead atoms. The van der Waals surface area contributed by atoms with Gasteiger partial charge in [-0.3, -0.25) is 4.79 Å². The van der Waals surface area contributed by atoms with Crippen molar-refractivity contribution in [3.63, 3.8) is 0 Å². The molecule has 1 unspecified atom stereocenters. The Hall–Kier alpha value is -4.13. The second-order valence-electron chi connectivity index (χ2n) is 8.93. The minimum absolute atomic E-state index is 0.0391. The number of rotatable bonds is 8. The molecule has 0 fully saturated rings. The van der Waals surface area contributed by atoms with Crippen molar-refractivity contribution in [3.05, 3.63) is 89.5 Å². The molecule has 0 radical (unpaired) electrons. The molecule has 180 valence electrons. The number of carboxylic acids is 1. The number of carboxylic acid groups (broad SMARTS) is 1. The van der Waals surface area contributed by atoms with Gasteiger partial charge in [0.2, 0.25) is 5.91 Å². The van der Waals surface area contributed by atoms with Gasteiger partial charge in [-0.2, -0.15) is 0 Å². The lowest BCUT2D eigenvalue weighted by atomic mass is 9.86. The molecular weight excluding hydrogens is 444 g/mol. The number of fused-ring (bicyclic) bond motifs is 3. The van der Waals surface area contributed by atoms with Gasteiger partial charge in [-0.15, -0.1) is 0 Å². The van der Waals surface area contributed by atoms with E-state index in [9.17, 15) is 14.4 Å². The predicted molar refractivity (Wildman–Crippen MR) is 134 cm³/mol. The van der Waals surface area contributed by atoms with E-state index >= 15 is 0 Å². The third-order valence-electron chi connectivity index (χ3n) is 6.68. The second kappa shape index (κ2) is 10.0. The van der Waals surface area contributed by atoms with Crippen LogP contribution in [-0.2, 0) is 9.53 Å². The SMILES string of the molecule is CCC(C)(CNC(=O)OCC1c2ccccc2-c2ccccc21)C(=O)Nc1ccc(C(=O)O)cc1. The minimum Gasteiger partial charge on any atom is -0.478 e. The first-order valence-corrected chi connectivity index (χ1v) is 11.6. The number of amides is 2. The third-order valence-corrected chi connectivity index (χ3v) is 6.68. The van der Waals surface area contributed by atoms with E-state index in [1.54, 1.807) is 6.92 Å². The molecule has 0 spiro atoms. The monoisotopic (exact) mass is 472 g/mol. The summed E-state index contributed by atoms with van der Waals surface area (Å²) < 4.78 is 5.58. The molecule has 3 aromatic carbocycles. The van der Waals surface area contributed by atoms with Gasteiger partial charge in [-0.05, 0) is 59.9 Å². The summed E-state index contributed by atoms with van der Waals surface area (Å²) in [5, 5.41) is 14.6. The fourth-order valence-electron chi connectivity index (χ4n) is 4.26. The van der Waals surface area contributed by atoms with E-state index in [4.69, 9.17) is 9.84 Å². The van der Waals surface area contributed by atoms with E-state index in [0.29, 0.717) is 12.1 Å². The first-order chi connectivity index (χ1) is 16.8. The Balaban J connectivity index is 1.35. The van der Waals surface area contributed by atoms with Crippen LogP contribution in [0.1, 0.15) is 47.7 Å². The lowest BCUT2D eigenvalue weighted by Crippen LogP contribution is -2.43. The van der Waals surface area contributed by atoms with Gasteiger partial charge >= 0.3 is 12.1 Å². The van der Waals surface area contributed by atoms with Crippen LogP contribution < -0.4 is 10.6 Å². The van der Waals surface area contributed by atoms with Crippen molar-refractivity contribution in [1.29, 1.82) is 0 Å². The zero-order chi connectivity index (χ0) is 25.0. The first-order valence-electron chi connectivity index (χ1n) is 11.6. The molecule has 3 N–H and O–H groups in total. The van der Waals surface area contributed by atoms with Gasteiger partial charge in [0.25, 0.3) is 0 Å². The second-order valence-corrected chi connectivity index (χ2v) is 8.93. The van der Waals surface area contributed by atoms with Crippen molar-refractivity contribution < 1.29 is 24.2 Å². The number of hydrogen-bond acceptors (Lipinski definition) is 4. The quantitative estimate of drug-likeness (QED) is 0.414. The highest BCUT2D eigenvalue weighted by atomic mass is 16.5. The molecular formula is C28H28N2O5. The van der Waals surface area contributed by atoms with Gasteiger partial charge in [-0.1, -0.05) is 55.5 Å². The minimum atomic E-state index is -1.03. The van der Waals surface area contributed by atoms with E-state index < -0.39 is 17.5 Å². The number of aromatic carboxylic acids is 1. The largest absolute Gasteiger partial charge is 0.478 e. The van der Waals surface area contributed by atoms with Crippen LogP contribution >= 0.6 is 0 Å². The van der Waals surface area contributed by atoms with Crippen LogP contribution in [0.5, 0.6) is 0 Å². The number of anilines is 1. The molecule has 3 aromatic rings. The molecule has 35 heavy (non-hydrogen) atoms. The number of ether oxygens (including phenoxy) is 1. The van der Waals surface area contributed by atoms with Gasteiger partial charge in [0.1, 0.15) is 6.61 Å². The summed E-state index contributed by atoms with van der Waals surface area (Å²) in [6, 6.07) is 22.2. The van der Waals surface area contributed by atoms with Gasteiger partial charge in [0.05, 0.1) is 11.0 Å². The molecule has 2 amide bonds. The number of carbonyl (C=O) groups excluding carboxylic acids is 2. The third kappa shape index (κ3) is 5.04. The van der Waals surface area contributed by atoms with Crippen molar-refractivity contribution in [2.24, 2.45) is 5.41 Å². The Morgan fingerprint density at radius 3 is 2.03 bits per heavy atom. The number of hydrogen-bond donors (Lipinski definition) is 3. The molecule has 0 saturated carbocycles. The van der Waals surface area contributed by atoms with E-state index in [1.165, 1.54) is 24.3 Å². The summed E-state index contributed by atoms with van der Waals surface area (Å²) in [4.78, 5) is 36.5. The summed E-state index contributed by atoms with van der Waals surface area (Å²) in [5.41, 5.74) is 4.32. The Kier molecular flexibility index (Phi) is 6.87. The Bertz CT molecular complexity index is 1210. The zero-order valence-corrected chi connectivity index (χ0v) is 19.7. The topological polar surface area (TPSA) is 105 Å². The molecule has 1 aliphatic rings. The van der Waals surface area contributed by atoms with Crippen molar-refractivity contribution in [2.45, 2.75) is 26.2 Å². The summed E-state index contributed by atoms with van der Waals surface area (Å²) in [6.07, 6.45) is -0.0967. The van der Waals surface area contributed by atoms with Crippen molar-refractivity contribution in [2.75, 3.05) is 18.5 Å². The van der Waals surface area contributed by atoms with Crippen LogP contribution in [0, 0.1) is 5.41 Å². The molecule has 1 aliphatic carbocycles. The van der Waals surface area contributed by atoms with Crippen molar-refractivity contribution >= 4 is 23.7 Å². The fourth-order valence-corrected chi connectivity index (χ4v) is 4.26. The number of carbonyl (C=O) groups is 3. The Morgan fingerprint density at radius 2 is 1.49 bits per heavy atom. The van der Waals surface area contributed by atoms with Crippen LogP contribution in [0.15, 0.2) is 72.8 Å². The molecule has 7 nitrogen and oxygen atoms in total. The van der Waals surface area contributed by atoms with Crippen LogP contribution in [0.3, 0.4) is 0 Å². The average Bonchev–Trinajstić information content (AvgIpc) is 3.20. The first kappa shape index (κ1) is 24.0. The normalized spacial score (nSPS) is 13.8. The number of benzene rings is 3. The van der Waals surface area contributed by atoms with Gasteiger partial charge < -0.3 is 20.5 Å². The molecule has 1 atom stereocenters. The molecule has 0 aromatic heterocycles. The number of nitrogens with one attached hydrogen (secondary N) is 2. The molecule has 0 heterocycles. The van der Waals surface area contributed by atoms with Crippen LogP contribution in [-0.4, -0.2) is 36.2 Å². The maximum Gasteiger partial charge on any atom is 0.407 e. The summed E-state index contributed by atoms with van der Waals surface area (Å²) in [5.74, 6) is -1.35. The van der Waals surface area contributed by atoms with E-state index in [1.807, 2.05) is 31.2 Å². The van der Waals surface area contributed by atoms with Gasteiger partial charge in [0.15, 0.2) is 0 Å². The van der Waals surface area contributed by atoms with Crippen molar-refractivity contribution in [1.82, 2.24) is 5.32 Å². The highest BCUT2D eigenvalue weighted by Gasteiger charge is 2.33. The van der Waals surface area contributed by atoms with Crippen LogP contribution in [0.4, 0.5) is 10.5 Å². The average molecular weight is 473 g/mol. The highest BCUT2D eigenvalue weighted by Crippen LogP contribution is 2.44. The van der Waals surface area contributed by atoms with Gasteiger partial charge in [-0.25, -0.2) is 9.59 Å². The summed E-state index contributed by atoms with van der Waals surface area (Å²) in [7, 11) is 0. The lowest BCUT2D eigenvalue weighted by molar-refractivity contribution is -0.124. The molecule has 4 rings (SSSR count). The Labute approximate surface area is 204 Å².